The lowest BCUT2D eigenvalue weighted by Crippen LogP contribution is -2.29. The molecule has 1 saturated heterocycles. The fourth-order valence-corrected chi connectivity index (χ4v) is 4.85. The SMILES string of the molecule is CN(Cc1ccc(Br)cc1)C(=O)c1cccc(S(=O)(=O)N2CCCC2)c1. The van der Waals surface area contributed by atoms with Gasteiger partial charge in [-0.2, -0.15) is 4.31 Å². The Balaban J connectivity index is 1.78. The molecule has 0 aliphatic carbocycles. The third-order valence-electron chi connectivity index (χ3n) is 4.46. The summed E-state index contributed by atoms with van der Waals surface area (Å²) in [6.07, 6.45) is 1.77. The first-order valence-corrected chi connectivity index (χ1v) is 10.7. The molecule has 26 heavy (non-hydrogen) atoms. The van der Waals surface area contributed by atoms with E-state index in [-0.39, 0.29) is 10.8 Å². The topological polar surface area (TPSA) is 57.7 Å². The number of halogens is 1. The Morgan fingerprint density at radius 1 is 1.12 bits per heavy atom. The van der Waals surface area contributed by atoms with Gasteiger partial charge in [-0.05, 0) is 48.7 Å². The average Bonchev–Trinajstić information content (AvgIpc) is 3.18. The van der Waals surface area contributed by atoms with Crippen LogP contribution in [0, 0.1) is 0 Å². The molecule has 1 aliphatic heterocycles. The second-order valence-corrected chi connectivity index (χ2v) is 9.28. The van der Waals surface area contributed by atoms with Crippen molar-refractivity contribution in [2.75, 3.05) is 20.1 Å². The number of sulfonamides is 1. The van der Waals surface area contributed by atoms with Gasteiger partial charge in [-0.15, -0.1) is 0 Å². The maximum absolute atomic E-state index is 12.7. The minimum Gasteiger partial charge on any atom is -0.337 e. The van der Waals surface area contributed by atoms with Crippen LogP contribution in [-0.4, -0.2) is 43.7 Å². The van der Waals surface area contributed by atoms with E-state index < -0.39 is 10.0 Å². The van der Waals surface area contributed by atoms with Crippen LogP contribution in [-0.2, 0) is 16.6 Å². The zero-order chi connectivity index (χ0) is 18.7. The highest BCUT2D eigenvalue weighted by atomic mass is 79.9. The van der Waals surface area contributed by atoms with E-state index in [2.05, 4.69) is 15.9 Å². The number of rotatable bonds is 5. The predicted octanol–water partition coefficient (Wildman–Crippen LogP) is 3.51. The smallest absolute Gasteiger partial charge is 0.253 e. The zero-order valence-corrected chi connectivity index (χ0v) is 17.0. The van der Waals surface area contributed by atoms with Crippen LogP contribution in [0.3, 0.4) is 0 Å². The van der Waals surface area contributed by atoms with Crippen molar-refractivity contribution in [3.8, 4) is 0 Å². The monoisotopic (exact) mass is 436 g/mol. The van der Waals surface area contributed by atoms with E-state index in [4.69, 9.17) is 0 Å². The van der Waals surface area contributed by atoms with Crippen LogP contribution in [0.5, 0.6) is 0 Å². The first kappa shape index (κ1) is 19.1. The summed E-state index contributed by atoms with van der Waals surface area (Å²) in [7, 11) is -1.81. The molecule has 0 N–H and O–H groups in total. The molecule has 0 atom stereocenters. The summed E-state index contributed by atoms with van der Waals surface area (Å²) < 4.78 is 27.9. The molecule has 5 nitrogen and oxygen atoms in total. The summed E-state index contributed by atoms with van der Waals surface area (Å²) in [6.45, 7) is 1.54. The minimum absolute atomic E-state index is 0.183. The quantitative estimate of drug-likeness (QED) is 0.720. The highest BCUT2D eigenvalue weighted by molar-refractivity contribution is 9.10. The predicted molar refractivity (Wildman–Crippen MR) is 104 cm³/mol. The van der Waals surface area contributed by atoms with E-state index in [9.17, 15) is 13.2 Å². The first-order valence-electron chi connectivity index (χ1n) is 8.48. The number of hydrogen-bond acceptors (Lipinski definition) is 3. The summed E-state index contributed by atoms with van der Waals surface area (Å²) in [5.74, 6) is -0.202. The summed E-state index contributed by atoms with van der Waals surface area (Å²) in [5.41, 5.74) is 1.38. The van der Waals surface area contributed by atoms with E-state index in [1.807, 2.05) is 24.3 Å². The largest absolute Gasteiger partial charge is 0.337 e. The van der Waals surface area contributed by atoms with Gasteiger partial charge >= 0.3 is 0 Å². The van der Waals surface area contributed by atoms with Gasteiger partial charge in [0.25, 0.3) is 5.91 Å². The zero-order valence-electron chi connectivity index (χ0n) is 14.6. The van der Waals surface area contributed by atoms with Gasteiger partial charge < -0.3 is 4.90 Å². The number of amides is 1. The Labute approximate surface area is 162 Å². The standard InChI is InChI=1S/C19H21BrN2O3S/c1-21(14-15-7-9-17(20)10-8-15)19(23)16-5-4-6-18(13-16)26(24,25)22-11-2-3-12-22/h4-10,13H,2-3,11-12,14H2,1H3. The van der Waals surface area contributed by atoms with Gasteiger partial charge in [0.1, 0.15) is 0 Å². The Morgan fingerprint density at radius 3 is 2.42 bits per heavy atom. The third kappa shape index (κ3) is 4.16. The van der Waals surface area contributed by atoms with Gasteiger partial charge in [0.05, 0.1) is 4.90 Å². The molecule has 0 unspecified atom stereocenters. The van der Waals surface area contributed by atoms with Crippen molar-refractivity contribution < 1.29 is 13.2 Å². The maximum atomic E-state index is 12.7. The van der Waals surface area contributed by atoms with E-state index in [1.54, 1.807) is 30.1 Å². The highest BCUT2D eigenvalue weighted by Crippen LogP contribution is 2.22. The van der Waals surface area contributed by atoms with Crippen molar-refractivity contribution in [3.63, 3.8) is 0 Å². The summed E-state index contributed by atoms with van der Waals surface area (Å²) in [6, 6.07) is 14.1. The molecule has 0 spiro atoms. The van der Waals surface area contributed by atoms with Crippen LogP contribution >= 0.6 is 15.9 Å². The molecule has 2 aromatic carbocycles. The number of benzene rings is 2. The summed E-state index contributed by atoms with van der Waals surface area (Å²) >= 11 is 3.39. The molecule has 7 heteroatoms. The third-order valence-corrected chi connectivity index (χ3v) is 6.89. The van der Waals surface area contributed by atoms with E-state index in [0.29, 0.717) is 25.2 Å². The molecular formula is C19H21BrN2O3S. The molecule has 1 aliphatic rings. The fourth-order valence-electron chi connectivity index (χ4n) is 3.02. The van der Waals surface area contributed by atoms with Crippen molar-refractivity contribution in [1.29, 1.82) is 0 Å². The number of nitrogens with zero attached hydrogens (tertiary/aromatic N) is 2. The lowest BCUT2D eigenvalue weighted by atomic mass is 10.1. The first-order chi connectivity index (χ1) is 12.4. The van der Waals surface area contributed by atoms with Crippen LogP contribution < -0.4 is 0 Å². The van der Waals surface area contributed by atoms with E-state index >= 15 is 0 Å². The Bertz CT molecular complexity index is 891. The van der Waals surface area contributed by atoms with Crippen LogP contribution in [0.1, 0.15) is 28.8 Å². The summed E-state index contributed by atoms with van der Waals surface area (Å²) in [5, 5.41) is 0. The highest BCUT2D eigenvalue weighted by Gasteiger charge is 2.27. The number of hydrogen-bond donors (Lipinski definition) is 0. The van der Waals surface area contributed by atoms with Gasteiger partial charge in [-0.25, -0.2) is 8.42 Å². The molecule has 1 heterocycles. The molecule has 0 saturated carbocycles. The molecule has 0 aromatic heterocycles. The molecule has 0 radical (unpaired) electrons. The molecule has 3 rings (SSSR count). The van der Waals surface area contributed by atoms with Gasteiger partial charge in [0.2, 0.25) is 10.0 Å². The number of carbonyl (C=O) groups is 1. The van der Waals surface area contributed by atoms with Crippen molar-refractivity contribution in [2.24, 2.45) is 0 Å². The van der Waals surface area contributed by atoms with Gasteiger partial charge in [0.15, 0.2) is 0 Å². The molecular weight excluding hydrogens is 416 g/mol. The van der Waals surface area contributed by atoms with E-state index in [0.717, 1.165) is 22.9 Å². The maximum Gasteiger partial charge on any atom is 0.253 e. The van der Waals surface area contributed by atoms with E-state index in [1.165, 1.54) is 10.4 Å². The van der Waals surface area contributed by atoms with Crippen LogP contribution in [0.2, 0.25) is 0 Å². The number of carbonyl (C=O) groups excluding carboxylic acids is 1. The Kier molecular flexibility index (Phi) is 5.79. The van der Waals surface area contributed by atoms with Gasteiger partial charge in [0, 0.05) is 36.7 Å². The van der Waals surface area contributed by atoms with Crippen molar-refractivity contribution in [3.05, 3.63) is 64.1 Å². The lowest BCUT2D eigenvalue weighted by molar-refractivity contribution is 0.0785. The minimum atomic E-state index is -3.53. The molecule has 2 aromatic rings. The second-order valence-electron chi connectivity index (χ2n) is 6.43. The second kappa shape index (κ2) is 7.90. The van der Waals surface area contributed by atoms with Crippen molar-refractivity contribution in [1.82, 2.24) is 9.21 Å². The molecule has 138 valence electrons. The molecule has 0 bridgehead atoms. The lowest BCUT2D eigenvalue weighted by Gasteiger charge is -2.19. The molecule has 1 fully saturated rings. The fraction of sp³-hybridized carbons (Fsp3) is 0.316. The average molecular weight is 437 g/mol. The van der Waals surface area contributed by atoms with Gasteiger partial charge in [-0.1, -0.05) is 34.1 Å². The Morgan fingerprint density at radius 2 is 1.77 bits per heavy atom. The van der Waals surface area contributed by atoms with Crippen LogP contribution in [0.15, 0.2) is 57.9 Å². The Hall–Kier alpha value is -1.70. The van der Waals surface area contributed by atoms with Crippen LogP contribution in [0.4, 0.5) is 0 Å². The normalized spacial score (nSPS) is 15.2. The summed E-state index contributed by atoms with van der Waals surface area (Å²) in [4.78, 5) is 14.5. The van der Waals surface area contributed by atoms with Crippen molar-refractivity contribution >= 4 is 31.9 Å². The van der Waals surface area contributed by atoms with Crippen LogP contribution in [0.25, 0.3) is 0 Å². The van der Waals surface area contributed by atoms with Gasteiger partial charge in [-0.3, -0.25) is 4.79 Å². The van der Waals surface area contributed by atoms with Crippen molar-refractivity contribution in [2.45, 2.75) is 24.3 Å². The molecule has 1 amide bonds.